The van der Waals surface area contributed by atoms with Crippen LogP contribution in [0.3, 0.4) is 0 Å². The zero-order chi connectivity index (χ0) is 15.5. The highest BCUT2D eigenvalue weighted by Gasteiger charge is 2.11. The summed E-state index contributed by atoms with van der Waals surface area (Å²) < 4.78 is 10.9. The first-order chi connectivity index (χ1) is 10.1. The minimum atomic E-state index is -0.387. The van der Waals surface area contributed by atoms with Gasteiger partial charge in [-0.25, -0.2) is 4.79 Å². The monoisotopic (exact) mass is 291 g/mol. The van der Waals surface area contributed by atoms with Crippen LogP contribution in [0, 0.1) is 5.92 Å². The summed E-state index contributed by atoms with van der Waals surface area (Å²) in [6.07, 6.45) is 2.19. The normalized spacial score (nSPS) is 12.0. The highest BCUT2D eigenvalue weighted by molar-refractivity contribution is 5.67. The maximum atomic E-state index is 11.5. The van der Waals surface area contributed by atoms with Crippen LogP contribution < -0.4 is 5.32 Å². The van der Waals surface area contributed by atoms with Crippen molar-refractivity contribution in [2.24, 2.45) is 5.92 Å². The molecule has 0 spiro atoms. The predicted molar refractivity (Wildman–Crippen MR) is 84.0 cm³/mol. The Hall–Kier alpha value is -1.81. The van der Waals surface area contributed by atoms with Gasteiger partial charge in [-0.1, -0.05) is 36.4 Å². The average molecular weight is 291 g/mol. The Balaban J connectivity index is 2.29. The first-order valence-corrected chi connectivity index (χ1v) is 7.27. The molecule has 1 rings (SSSR count). The minimum Gasteiger partial charge on any atom is -0.449 e. The minimum absolute atomic E-state index is 0.0738. The quantitative estimate of drug-likeness (QED) is 0.708. The molecule has 21 heavy (non-hydrogen) atoms. The Bertz CT molecular complexity index is 417. The van der Waals surface area contributed by atoms with Crippen LogP contribution in [0.4, 0.5) is 4.79 Å². The molecule has 0 aliphatic rings. The van der Waals surface area contributed by atoms with Crippen molar-refractivity contribution in [2.75, 3.05) is 13.2 Å². The third-order valence-electron chi connectivity index (χ3n) is 2.82. The van der Waals surface area contributed by atoms with E-state index in [0.717, 1.165) is 12.0 Å². The van der Waals surface area contributed by atoms with Crippen LogP contribution in [0.15, 0.2) is 43.0 Å². The molecule has 0 saturated carbocycles. The number of hydrogen-bond acceptors (Lipinski definition) is 3. The van der Waals surface area contributed by atoms with Gasteiger partial charge < -0.3 is 14.8 Å². The molecule has 0 aromatic heterocycles. The second kappa shape index (κ2) is 10.00. The fraction of sp³-hybridized carbons (Fsp3) is 0.471. The second-order valence-electron chi connectivity index (χ2n) is 5.29. The summed E-state index contributed by atoms with van der Waals surface area (Å²) in [7, 11) is 0. The Kier molecular flexibility index (Phi) is 8.21. The zero-order valence-corrected chi connectivity index (χ0v) is 12.9. The Morgan fingerprint density at radius 1 is 1.29 bits per heavy atom. The van der Waals surface area contributed by atoms with Gasteiger partial charge in [0, 0.05) is 12.0 Å². The number of benzene rings is 1. The smallest absolute Gasteiger partial charge is 0.407 e. The van der Waals surface area contributed by atoms with E-state index in [4.69, 9.17) is 9.47 Å². The van der Waals surface area contributed by atoms with Gasteiger partial charge in [0.05, 0.1) is 19.8 Å². The lowest BCUT2D eigenvalue weighted by molar-refractivity contribution is 0.0534. The first kappa shape index (κ1) is 17.2. The molecule has 1 amide bonds. The summed E-state index contributed by atoms with van der Waals surface area (Å²) in [6.45, 7) is 8.95. The maximum absolute atomic E-state index is 11.5. The molecule has 1 atom stereocenters. The molecule has 1 aromatic carbocycles. The van der Waals surface area contributed by atoms with E-state index in [2.05, 4.69) is 11.9 Å². The van der Waals surface area contributed by atoms with Crippen molar-refractivity contribution in [1.29, 1.82) is 0 Å². The highest BCUT2D eigenvalue weighted by Crippen LogP contribution is 2.08. The van der Waals surface area contributed by atoms with Gasteiger partial charge in [0.2, 0.25) is 0 Å². The summed E-state index contributed by atoms with van der Waals surface area (Å²) in [5.74, 6) is 0.129. The van der Waals surface area contributed by atoms with E-state index in [1.54, 1.807) is 0 Å². The second-order valence-corrected chi connectivity index (χ2v) is 5.29. The topological polar surface area (TPSA) is 47.6 Å². The van der Waals surface area contributed by atoms with Gasteiger partial charge in [0.1, 0.15) is 0 Å². The predicted octanol–water partition coefficient (Wildman–Crippen LogP) is 3.53. The number of hydrogen-bond donors (Lipinski definition) is 1. The lowest BCUT2D eigenvalue weighted by Crippen LogP contribution is -2.32. The molecule has 4 nitrogen and oxygen atoms in total. The molecule has 1 aromatic rings. The zero-order valence-electron chi connectivity index (χ0n) is 12.9. The van der Waals surface area contributed by atoms with Gasteiger partial charge in [-0.3, -0.25) is 0 Å². The van der Waals surface area contributed by atoms with Gasteiger partial charge >= 0.3 is 6.09 Å². The molecule has 1 N–H and O–H groups in total. The number of alkyl carbamates (subject to hydrolysis) is 1. The van der Waals surface area contributed by atoms with E-state index < -0.39 is 0 Å². The molecule has 0 radical (unpaired) electrons. The van der Waals surface area contributed by atoms with Crippen LogP contribution >= 0.6 is 0 Å². The number of allylic oxidation sites excluding steroid dienone is 1. The van der Waals surface area contributed by atoms with E-state index in [0.29, 0.717) is 19.8 Å². The van der Waals surface area contributed by atoms with Crippen LogP contribution in [0.5, 0.6) is 0 Å². The van der Waals surface area contributed by atoms with E-state index in [1.807, 2.05) is 50.3 Å². The maximum Gasteiger partial charge on any atom is 0.407 e. The standard InChI is InChI=1S/C17H25NO3/c1-4-8-16(13-21-17(19)18-14(2)3)12-20-11-15-9-6-5-7-10-15/h4-7,9-10,14,16H,1,8,11-13H2,2-3H3,(H,18,19). The number of ether oxygens (including phenoxy) is 2. The van der Waals surface area contributed by atoms with Gasteiger partial charge in [-0.05, 0) is 25.8 Å². The highest BCUT2D eigenvalue weighted by atomic mass is 16.5. The molecular weight excluding hydrogens is 266 g/mol. The van der Waals surface area contributed by atoms with Crippen molar-refractivity contribution in [3.8, 4) is 0 Å². The van der Waals surface area contributed by atoms with Crippen LogP contribution in [0.2, 0.25) is 0 Å². The first-order valence-electron chi connectivity index (χ1n) is 7.27. The molecule has 116 valence electrons. The van der Waals surface area contributed by atoms with Gasteiger partial charge in [0.15, 0.2) is 0 Å². The summed E-state index contributed by atoms with van der Waals surface area (Å²) >= 11 is 0. The Labute approximate surface area is 127 Å². The largest absolute Gasteiger partial charge is 0.449 e. The molecule has 0 aliphatic heterocycles. The molecule has 0 heterocycles. The lowest BCUT2D eigenvalue weighted by atomic mass is 10.1. The summed E-state index contributed by atoms with van der Waals surface area (Å²) in [4.78, 5) is 11.5. The van der Waals surface area contributed by atoms with Crippen molar-refractivity contribution in [3.63, 3.8) is 0 Å². The fourth-order valence-electron chi connectivity index (χ4n) is 1.81. The third kappa shape index (κ3) is 8.15. The van der Waals surface area contributed by atoms with Crippen LogP contribution in [0.25, 0.3) is 0 Å². The average Bonchev–Trinajstić information content (AvgIpc) is 2.45. The van der Waals surface area contributed by atoms with Crippen molar-refractivity contribution in [1.82, 2.24) is 5.32 Å². The Morgan fingerprint density at radius 2 is 2.00 bits per heavy atom. The SMILES string of the molecule is C=CCC(COCc1ccccc1)COC(=O)NC(C)C. The van der Waals surface area contributed by atoms with Gasteiger partial charge in [-0.15, -0.1) is 6.58 Å². The summed E-state index contributed by atoms with van der Waals surface area (Å²) in [5, 5.41) is 2.69. The number of rotatable bonds is 9. The molecule has 0 aliphatic carbocycles. The van der Waals surface area contributed by atoms with Crippen molar-refractivity contribution in [2.45, 2.75) is 32.9 Å². The third-order valence-corrected chi connectivity index (χ3v) is 2.82. The molecule has 0 saturated heterocycles. The molecule has 0 fully saturated rings. The molecule has 1 unspecified atom stereocenters. The fourth-order valence-corrected chi connectivity index (χ4v) is 1.81. The van der Waals surface area contributed by atoms with E-state index >= 15 is 0 Å². The molecular formula is C17H25NO3. The number of amides is 1. The summed E-state index contributed by atoms with van der Waals surface area (Å²) in [5.41, 5.74) is 1.13. The number of carbonyl (C=O) groups excluding carboxylic acids is 1. The van der Waals surface area contributed by atoms with Crippen molar-refractivity contribution in [3.05, 3.63) is 48.6 Å². The number of nitrogens with one attached hydrogen (secondary N) is 1. The van der Waals surface area contributed by atoms with Crippen LogP contribution in [-0.2, 0) is 16.1 Å². The Morgan fingerprint density at radius 3 is 2.62 bits per heavy atom. The number of carbonyl (C=O) groups is 1. The van der Waals surface area contributed by atoms with Gasteiger partial charge in [-0.2, -0.15) is 0 Å². The van der Waals surface area contributed by atoms with Crippen molar-refractivity contribution < 1.29 is 14.3 Å². The van der Waals surface area contributed by atoms with Crippen LogP contribution in [0.1, 0.15) is 25.8 Å². The van der Waals surface area contributed by atoms with Crippen molar-refractivity contribution >= 4 is 6.09 Å². The van der Waals surface area contributed by atoms with E-state index in [9.17, 15) is 4.79 Å². The lowest BCUT2D eigenvalue weighted by Gasteiger charge is -2.16. The van der Waals surface area contributed by atoms with E-state index in [-0.39, 0.29) is 18.1 Å². The molecule has 4 heteroatoms. The summed E-state index contributed by atoms with van der Waals surface area (Å²) in [6, 6.07) is 10.1. The molecule has 0 bridgehead atoms. The van der Waals surface area contributed by atoms with Crippen LogP contribution in [-0.4, -0.2) is 25.3 Å². The van der Waals surface area contributed by atoms with Gasteiger partial charge in [0.25, 0.3) is 0 Å². The van der Waals surface area contributed by atoms with E-state index in [1.165, 1.54) is 0 Å².